The van der Waals surface area contributed by atoms with Crippen LogP contribution in [0.5, 0.6) is 11.5 Å². The van der Waals surface area contributed by atoms with Crippen molar-refractivity contribution in [3.05, 3.63) is 65.4 Å². The lowest BCUT2D eigenvalue weighted by Crippen LogP contribution is -2.12. The standard InChI is InChI=1S/C21H18FN5O3S/c1-12-19(31-21(25-12)13-4-7-17(29-2)18(8-13)30-3)20(28)26-14-5-6-16(15(22)9-14)27-11-23-10-24-27/h4-11H,1-3H3,(H,26,28). The second kappa shape index (κ2) is 8.52. The minimum atomic E-state index is -0.532. The van der Waals surface area contributed by atoms with Crippen LogP contribution in [-0.4, -0.2) is 39.9 Å². The Kier molecular flexibility index (Phi) is 5.63. The number of benzene rings is 2. The number of thiazole rings is 1. The summed E-state index contributed by atoms with van der Waals surface area (Å²) in [6.07, 6.45) is 2.71. The molecule has 4 rings (SSSR count). The first-order valence-corrected chi connectivity index (χ1v) is 9.97. The highest BCUT2D eigenvalue weighted by Gasteiger charge is 2.18. The molecule has 2 aromatic carbocycles. The maximum atomic E-state index is 14.4. The molecule has 0 saturated carbocycles. The number of nitrogens with one attached hydrogen (secondary N) is 1. The number of amides is 1. The van der Waals surface area contributed by atoms with Gasteiger partial charge in [-0.3, -0.25) is 4.79 Å². The molecule has 0 unspecified atom stereocenters. The van der Waals surface area contributed by atoms with Crippen molar-refractivity contribution in [1.82, 2.24) is 19.7 Å². The van der Waals surface area contributed by atoms with Crippen LogP contribution in [0.15, 0.2) is 49.1 Å². The summed E-state index contributed by atoms with van der Waals surface area (Å²) in [6, 6.07) is 9.79. The number of carbonyl (C=O) groups is 1. The average molecular weight is 439 g/mol. The monoisotopic (exact) mass is 439 g/mol. The van der Waals surface area contributed by atoms with Gasteiger partial charge in [0.05, 0.1) is 19.9 Å². The predicted molar refractivity (Wildman–Crippen MR) is 115 cm³/mol. The summed E-state index contributed by atoms with van der Waals surface area (Å²) >= 11 is 1.24. The van der Waals surface area contributed by atoms with Gasteiger partial charge in [-0.15, -0.1) is 11.3 Å². The van der Waals surface area contributed by atoms with E-state index in [1.54, 1.807) is 39.3 Å². The number of aryl methyl sites for hydroxylation is 1. The second-order valence-electron chi connectivity index (χ2n) is 6.46. The van der Waals surface area contributed by atoms with Crippen molar-refractivity contribution in [2.75, 3.05) is 19.5 Å². The van der Waals surface area contributed by atoms with E-state index in [1.165, 1.54) is 40.8 Å². The highest BCUT2D eigenvalue weighted by atomic mass is 32.1. The number of nitrogens with zero attached hydrogens (tertiary/aromatic N) is 4. The van der Waals surface area contributed by atoms with Crippen LogP contribution in [-0.2, 0) is 0 Å². The van der Waals surface area contributed by atoms with Crippen molar-refractivity contribution in [3.8, 4) is 27.8 Å². The number of rotatable bonds is 6. The van der Waals surface area contributed by atoms with E-state index in [0.717, 1.165) is 5.56 Å². The quantitative estimate of drug-likeness (QED) is 0.486. The summed E-state index contributed by atoms with van der Waals surface area (Å²) in [7, 11) is 3.12. The van der Waals surface area contributed by atoms with E-state index in [-0.39, 0.29) is 11.6 Å². The maximum absolute atomic E-state index is 14.4. The van der Waals surface area contributed by atoms with Crippen molar-refractivity contribution >= 4 is 22.9 Å². The fourth-order valence-electron chi connectivity index (χ4n) is 2.99. The van der Waals surface area contributed by atoms with E-state index in [9.17, 15) is 9.18 Å². The van der Waals surface area contributed by atoms with Crippen molar-refractivity contribution in [1.29, 1.82) is 0 Å². The summed E-state index contributed by atoms with van der Waals surface area (Å²) < 4.78 is 26.3. The Bertz CT molecular complexity index is 1240. The van der Waals surface area contributed by atoms with Gasteiger partial charge in [0.2, 0.25) is 0 Å². The molecule has 8 nitrogen and oxygen atoms in total. The molecule has 158 valence electrons. The highest BCUT2D eigenvalue weighted by Crippen LogP contribution is 2.35. The van der Waals surface area contributed by atoms with Gasteiger partial charge in [0.1, 0.15) is 28.2 Å². The molecule has 0 bridgehead atoms. The van der Waals surface area contributed by atoms with E-state index in [1.807, 2.05) is 6.07 Å². The molecule has 1 N–H and O–H groups in total. The summed E-state index contributed by atoms with van der Waals surface area (Å²) in [5, 5.41) is 7.29. The van der Waals surface area contributed by atoms with Gasteiger partial charge in [-0.05, 0) is 43.3 Å². The topological polar surface area (TPSA) is 91.2 Å². The predicted octanol–water partition coefficient (Wildman–Crippen LogP) is 4.11. The molecular weight excluding hydrogens is 421 g/mol. The van der Waals surface area contributed by atoms with Crippen molar-refractivity contribution < 1.29 is 18.7 Å². The number of anilines is 1. The fraction of sp³-hybridized carbons (Fsp3) is 0.143. The normalized spacial score (nSPS) is 10.7. The van der Waals surface area contributed by atoms with E-state index >= 15 is 0 Å². The highest BCUT2D eigenvalue weighted by molar-refractivity contribution is 7.17. The molecule has 0 fully saturated rings. The third-order valence-electron chi connectivity index (χ3n) is 4.50. The average Bonchev–Trinajstić information content (AvgIpc) is 3.43. The minimum absolute atomic E-state index is 0.236. The number of halogens is 1. The van der Waals surface area contributed by atoms with Gasteiger partial charge in [0.15, 0.2) is 17.3 Å². The van der Waals surface area contributed by atoms with E-state index in [2.05, 4.69) is 20.4 Å². The molecule has 2 heterocycles. The van der Waals surface area contributed by atoms with Crippen LogP contribution >= 0.6 is 11.3 Å². The Morgan fingerprint density at radius 1 is 1.13 bits per heavy atom. The molecule has 0 atom stereocenters. The summed E-state index contributed by atoms with van der Waals surface area (Å²) in [5.74, 6) is 0.278. The zero-order chi connectivity index (χ0) is 22.0. The van der Waals surface area contributed by atoms with Crippen LogP contribution in [0, 0.1) is 12.7 Å². The van der Waals surface area contributed by atoms with Crippen molar-refractivity contribution in [2.24, 2.45) is 0 Å². The molecule has 0 aliphatic rings. The first kappa shape index (κ1) is 20.5. The summed E-state index contributed by atoms with van der Waals surface area (Å²) in [5.41, 5.74) is 1.94. The van der Waals surface area contributed by atoms with Gasteiger partial charge >= 0.3 is 0 Å². The number of hydrogen-bond acceptors (Lipinski definition) is 7. The lowest BCUT2D eigenvalue weighted by atomic mass is 10.2. The molecule has 0 aliphatic heterocycles. The number of carbonyl (C=O) groups excluding carboxylic acids is 1. The molecule has 10 heteroatoms. The second-order valence-corrected chi connectivity index (χ2v) is 7.46. The van der Waals surface area contributed by atoms with Crippen LogP contribution in [0.2, 0.25) is 0 Å². The number of ether oxygens (including phenoxy) is 2. The van der Waals surface area contributed by atoms with Crippen LogP contribution in [0.1, 0.15) is 15.4 Å². The van der Waals surface area contributed by atoms with Crippen LogP contribution in [0.3, 0.4) is 0 Å². The van der Waals surface area contributed by atoms with Crippen molar-refractivity contribution in [2.45, 2.75) is 6.92 Å². The molecule has 1 amide bonds. The Hall–Kier alpha value is -3.79. The Labute approximate surface area is 181 Å². The van der Waals surface area contributed by atoms with Gasteiger partial charge in [-0.2, -0.15) is 5.10 Å². The lowest BCUT2D eigenvalue weighted by Gasteiger charge is -2.08. The molecular formula is C21H18FN5O3S. The smallest absolute Gasteiger partial charge is 0.267 e. The fourth-order valence-corrected chi connectivity index (χ4v) is 3.95. The zero-order valence-electron chi connectivity index (χ0n) is 16.9. The Morgan fingerprint density at radius 3 is 2.61 bits per heavy atom. The molecule has 31 heavy (non-hydrogen) atoms. The molecule has 0 spiro atoms. The van der Waals surface area contributed by atoms with E-state index in [4.69, 9.17) is 9.47 Å². The third-order valence-corrected chi connectivity index (χ3v) is 5.71. The first-order valence-electron chi connectivity index (χ1n) is 9.16. The van der Waals surface area contributed by atoms with Crippen LogP contribution in [0.25, 0.3) is 16.3 Å². The largest absolute Gasteiger partial charge is 0.493 e. The third kappa shape index (κ3) is 4.10. The van der Waals surface area contributed by atoms with E-state index < -0.39 is 5.82 Å². The van der Waals surface area contributed by atoms with Gasteiger partial charge in [-0.25, -0.2) is 19.0 Å². The van der Waals surface area contributed by atoms with Crippen LogP contribution in [0.4, 0.5) is 10.1 Å². The first-order chi connectivity index (χ1) is 15.0. The zero-order valence-corrected chi connectivity index (χ0v) is 17.7. The lowest BCUT2D eigenvalue weighted by molar-refractivity contribution is 0.103. The van der Waals surface area contributed by atoms with E-state index in [0.29, 0.717) is 32.8 Å². The van der Waals surface area contributed by atoms with Gasteiger partial charge in [0.25, 0.3) is 5.91 Å². The summed E-state index contributed by atoms with van der Waals surface area (Å²) in [4.78, 5) is 21.5. The number of hydrogen-bond donors (Lipinski definition) is 1. The number of aromatic nitrogens is 4. The maximum Gasteiger partial charge on any atom is 0.267 e. The molecule has 4 aromatic rings. The van der Waals surface area contributed by atoms with Gasteiger partial charge in [-0.1, -0.05) is 0 Å². The molecule has 2 aromatic heterocycles. The summed E-state index contributed by atoms with van der Waals surface area (Å²) in [6.45, 7) is 1.75. The Morgan fingerprint density at radius 2 is 1.94 bits per heavy atom. The van der Waals surface area contributed by atoms with Crippen LogP contribution < -0.4 is 14.8 Å². The molecule has 0 saturated heterocycles. The Balaban J connectivity index is 1.56. The molecule has 0 radical (unpaired) electrons. The number of methoxy groups -OCH3 is 2. The minimum Gasteiger partial charge on any atom is -0.493 e. The van der Waals surface area contributed by atoms with Gasteiger partial charge < -0.3 is 14.8 Å². The molecule has 0 aliphatic carbocycles. The SMILES string of the molecule is COc1ccc(-c2nc(C)c(C(=O)Nc3ccc(-n4cncn4)c(F)c3)s2)cc1OC. The van der Waals surface area contributed by atoms with Gasteiger partial charge in [0, 0.05) is 11.3 Å². The van der Waals surface area contributed by atoms with Crippen molar-refractivity contribution in [3.63, 3.8) is 0 Å².